The van der Waals surface area contributed by atoms with Crippen molar-refractivity contribution in [2.24, 2.45) is 5.92 Å². The number of hydrogen-bond acceptors (Lipinski definition) is 5. The normalized spacial score (nSPS) is 19.7. The number of ether oxygens (including phenoxy) is 1. The van der Waals surface area contributed by atoms with Gasteiger partial charge in [0.25, 0.3) is 0 Å². The van der Waals surface area contributed by atoms with Gasteiger partial charge in [-0.3, -0.25) is 0 Å². The van der Waals surface area contributed by atoms with E-state index in [9.17, 15) is 4.79 Å². The van der Waals surface area contributed by atoms with Gasteiger partial charge in [-0.05, 0) is 45.3 Å². The van der Waals surface area contributed by atoms with Gasteiger partial charge in [0.05, 0.1) is 19.2 Å². The molecule has 2 rings (SSSR count). The summed E-state index contributed by atoms with van der Waals surface area (Å²) in [7, 11) is 1.37. The number of methoxy groups -OCH3 is 1. The molecule has 1 aromatic rings. The van der Waals surface area contributed by atoms with Crippen LogP contribution in [0.25, 0.3) is 0 Å². The molecule has 1 saturated heterocycles. The summed E-state index contributed by atoms with van der Waals surface area (Å²) in [5.41, 5.74) is 0.469. The maximum Gasteiger partial charge on any atom is 0.341 e. The van der Waals surface area contributed by atoms with Gasteiger partial charge >= 0.3 is 5.97 Å². The molecule has 0 radical (unpaired) electrons. The maximum absolute atomic E-state index is 11.3. The zero-order valence-corrected chi connectivity index (χ0v) is 12.5. The monoisotopic (exact) mass is 280 g/mol. The first-order valence-electron chi connectivity index (χ1n) is 7.20. The molecule has 0 aliphatic carbocycles. The van der Waals surface area contributed by atoms with Crippen LogP contribution < -0.4 is 5.32 Å². The molecule has 2 heterocycles. The maximum atomic E-state index is 11.3. The summed E-state index contributed by atoms with van der Waals surface area (Å²) < 4.78 is 9.98. The molecule has 0 spiro atoms. The number of carbonyl (C=O) groups is 1. The molecule has 0 bridgehead atoms. The van der Waals surface area contributed by atoms with Crippen LogP contribution in [0.15, 0.2) is 16.7 Å². The Bertz CT molecular complexity index is 442. The first kappa shape index (κ1) is 15.1. The molecule has 1 fully saturated rings. The van der Waals surface area contributed by atoms with Crippen molar-refractivity contribution >= 4 is 5.97 Å². The Kier molecular flexibility index (Phi) is 5.20. The van der Waals surface area contributed by atoms with Gasteiger partial charge in [0.15, 0.2) is 0 Å². The zero-order chi connectivity index (χ0) is 14.5. The predicted octanol–water partition coefficient (Wildman–Crippen LogP) is 1.89. The molecule has 0 saturated carbocycles. The summed E-state index contributed by atoms with van der Waals surface area (Å²) >= 11 is 0. The molecular weight excluding hydrogens is 256 g/mol. The lowest BCUT2D eigenvalue weighted by Crippen LogP contribution is -2.30. The third-order valence-corrected chi connectivity index (χ3v) is 3.85. The van der Waals surface area contributed by atoms with E-state index >= 15 is 0 Å². The lowest BCUT2D eigenvalue weighted by Gasteiger charge is -2.20. The van der Waals surface area contributed by atoms with E-state index in [1.807, 2.05) is 0 Å². The Labute approximate surface area is 120 Å². The number of likely N-dealkylation sites (tertiary alicyclic amines) is 1. The fourth-order valence-electron chi connectivity index (χ4n) is 2.60. The van der Waals surface area contributed by atoms with Gasteiger partial charge in [-0.1, -0.05) is 0 Å². The topological polar surface area (TPSA) is 54.7 Å². The average Bonchev–Trinajstić information content (AvgIpc) is 3.07. The van der Waals surface area contributed by atoms with Crippen molar-refractivity contribution in [3.63, 3.8) is 0 Å². The van der Waals surface area contributed by atoms with Crippen LogP contribution in [-0.4, -0.2) is 43.7 Å². The molecule has 0 amide bonds. The van der Waals surface area contributed by atoms with Gasteiger partial charge in [0.2, 0.25) is 0 Å². The molecule has 5 heteroatoms. The quantitative estimate of drug-likeness (QED) is 0.806. The fraction of sp³-hybridized carbons (Fsp3) is 0.667. The van der Waals surface area contributed by atoms with Gasteiger partial charge in [-0.15, -0.1) is 0 Å². The SMILES string of the molecule is COC(=O)c1coc(CNCC2CCN(C(C)C)C2)c1. The van der Waals surface area contributed by atoms with Crippen molar-refractivity contribution in [2.45, 2.75) is 32.9 Å². The van der Waals surface area contributed by atoms with E-state index in [0.717, 1.165) is 18.8 Å². The van der Waals surface area contributed by atoms with E-state index in [1.54, 1.807) is 6.07 Å². The number of furan rings is 1. The minimum absolute atomic E-state index is 0.358. The molecule has 1 aliphatic rings. The van der Waals surface area contributed by atoms with Gasteiger partial charge in [-0.2, -0.15) is 0 Å². The minimum Gasteiger partial charge on any atom is -0.467 e. The predicted molar refractivity (Wildman–Crippen MR) is 76.6 cm³/mol. The molecule has 1 N–H and O–H groups in total. The highest BCUT2D eigenvalue weighted by atomic mass is 16.5. The minimum atomic E-state index is -0.358. The number of nitrogens with zero attached hydrogens (tertiary/aromatic N) is 1. The Morgan fingerprint density at radius 1 is 1.60 bits per heavy atom. The molecule has 1 unspecified atom stereocenters. The van der Waals surface area contributed by atoms with Crippen LogP contribution in [-0.2, 0) is 11.3 Å². The van der Waals surface area contributed by atoms with E-state index in [1.165, 1.54) is 26.3 Å². The highest BCUT2D eigenvalue weighted by molar-refractivity contribution is 5.88. The first-order valence-corrected chi connectivity index (χ1v) is 7.20. The number of rotatable bonds is 6. The van der Waals surface area contributed by atoms with E-state index < -0.39 is 0 Å². The second-order valence-electron chi connectivity index (χ2n) is 5.67. The van der Waals surface area contributed by atoms with E-state index in [4.69, 9.17) is 4.42 Å². The van der Waals surface area contributed by atoms with Crippen molar-refractivity contribution < 1.29 is 13.9 Å². The van der Waals surface area contributed by atoms with Crippen LogP contribution in [0.2, 0.25) is 0 Å². The zero-order valence-electron chi connectivity index (χ0n) is 12.5. The Balaban J connectivity index is 1.71. The lowest BCUT2D eigenvalue weighted by molar-refractivity contribution is 0.0600. The summed E-state index contributed by atoms with van der Waals surface area (Å²) in [6.45, 7) is 8.47. The molecule has 5 nitrogen and oxygen atoms in total. The molecular formula is C15H24N2O3. The average molecular weight is 280 g/mol. The van der Waals surface area contributed by atoms with Crippen LogP contribution in [0, 0.1) is 5.92 Å². The summed E-state index contributed by atoms with van der Waals surface area (Å²) in [4.78, 5) is 13.8. The van der Waals surface area contributed by atoms with Crippen LogP contribution in [0.1, 0.15) is 36.4 Å². The Morgan fingerprint density at radius 2 is 2.40 bits per heavy atom. The second-order valence-corrected chi connectivity index (χ2v) is 5.67. The second kappa shape index (κ2) is 6.90. The van der Waals surface area contributed by atoms with Crippen LogP contribution >= 0.6 is 0 Å². The van der Waals surface area contributed by atoms with Crippen LogP contribution in [0.3, 0.4) is 0 Å². The molecule has 1 aliphatic heterocycles. The number of hydrogen-bond donors (Lipinski definition) is 1. The van der Waals surface area contributed by atoms with Crippen molar-refractivity contribution in [2.75, 3.05) is 26.7 Å². The molecule has 1 aromatic heterocycles. The van der Waals surface area contributed by atoms with Crippen molar-refractivity contribution in [3.8, 4) is 0 Å². The highest BCUT2D eigenvalue weighted by Crippen LogP contribution is 2.18. The smallest absolute Gasteiger partial charge is 0.341 e. The van der Waals surface area contributed by atoms with Gasteiger partial charge in [0.1, 0.15) is 12.0 Å². The Morgan fingerprint density at radius 3 is 3.05 bits per heavy atom. The van der Waals surface area contributed by atoms with Crippen LogP contribution in [0.4, 0.5) is 0 Å². The lowest BCUT2D eigenvalue weighted by atomic mass is 10.1. The fourth-order valence-corrected chi connectivity index (χ4v) is 2.60. The largest absolute Gasteiger partial charge is 0.467 e. The molecule has 1 atom stereocenters. The summed E-state index contributed by atoms with van der Waals surface area (Å²) in [6, 6.07) is 2.36. The standard InChI is InChI=1S/C15H24N2O3/c1-11(2)17-5-4-12(9-17)7-16-8-14-6-13(10-20-14)15(18)19-3/h6,10-12,16H,4-5,7-9H2,1-3H3. The van der Waals surface area contributed by atoms with Crippen LogP contribution in [0.5, 0.6) is 0 Å². The third kappa shape index (κ3) is 3.84. The summed E-state index contributed by atoms with van der Waals surface area (Å²) in [5, 5.41) is 3.40. The van der Waals surface area contributed by atoms with Gasteiger partial charge in [0, 0.05) is 12.6 Å². The van der Waals surface area contributed by atoms with Crippen molar-refractivity contribution in [3.05, 3.63) is 23.7 Å². The van der Waals surface area contributed by atoms with Crippen molar-refractivity contribution in [1.82, 2.24) is 10.2 Å². The summed E-state index contributed by atoms with van der Waals surface area (Å²) in [5.74, 6) is 1.11. The van der Waals surface area contributed by atoms with Gasteiger partial charge in [-0.25, -0.2) is 4.79 Å². The summed E-state index contributed by atoms with van der Waals surface area (Å²) in [6.07, 6.45) is 2.69. The molecule has 0 aromatic carbocycles. The van der Waals surface area contributed by atoms with E-state index in [-0.39, 0.29) is 5.97 Å². The van der Waals surface area contributed by atoms with Crippen molar-refractivity contribution in [1.29, 1.82) is 0 Å². The Hall–Kier alpha value is -1.33. The van der Waals surface area contributed by atoms with E-state index in [2.05, 4.69) is 28.8 Å². The number of esters is 1. The van der Waals surface area contributed by atoms with E-state index in [0.29, 0.717) is 24.1 Å². The number of carbonyl (C=O) groups excluding carboxylic acids is 1. The molecule has 112 valence electrons. The highest BCUT2D eigenvalue weighted by Gasteiger charge is 2.23. The van der Waals surface area contributed by atoms with Gasteiger partial charge < -0.3 is 19.4 Å². The third-order valence-electron chi connectivity index (χ3n) is 3.85. The number of nitrogens with one attached hydrogen (secondary N) is 1. The first-order chi connectivity index (χ1) is 9.60. The molecule has 20 heavy (non-hydrogen) atoms.